The standard InChI is InChI=1S/C22H17F6N3O3/c23-21(24,25)20(34,22(26,27)28)15-4-1-12(2-5-15)11-31-8-7-14-9-13(3-6-17(14)31)16-10-29-19(33)30-18(16)32/h1-6,9-10,34H,7-8,11H2,(H2,29,30,32,33). The van der Waals surface area contributed by atoms with Gasteiger partial charge in [-0.25, -0.2) is 4.79 Å². The first kappa shape index (κ1) is 23.6. The highest BCUT2D eigenvalue weighted by molar-refractivity contribution is 5.69. The van der Waals surface area contributed by atoms with Crippen LogP contribution in [0.4, 0.5) is 32.0 Å². The minimum atomic E-state index is -5.94. The Hall–Kier alpha value is -3.54. The number of alkyl halides is 6. The Morgan fingerprint density at radius 1 is 0.941 bits per heavy atom. The molecule has 0 saturated heterocycles. The molecule has 2 aromatic carbocycles. The van der Waals surface area contributed by atoms with Crippen LogP contribution in [-0.2, 0) is 18.6 Å². The van der Waals surface area contributed by atoms with Crippen LogP contribution in [0.15, 0.2) is 58.3 Å². The highest BCUT2D eigenvalue weighted by Crippen LogP contribution is 2.50. The summed E-state index contributed by atoms with van der Waals surface area (Å²) in [5.41, 5.74) is -4.45. The van der Waals surface area contributed by atoms with Gasteiger partial charge in [-0.15, -0.1) is 0 Å². The lowest BCUT2D eigenvalue weighted by molar-refractivity contribution is -0.376. The number of aromatic nitrogens is 2. The van der Waals surface area contributed by atoms with E-state index >= 15 is 0 Å². The summed E-state index contributed by atoms with van der Waals surface area (Å²) < 4.78 is 78.4. The molecular weight excluding hydrogens is 468 g/mol. The molecule has 1 aliphatic rings. The maximum atomic E-state index is 13.1. The molecule has 6 nitrogen and oxygen atoms in total. The van der Waals surface area contributed by atoms with E-state index in [9.17, 15) is 41.0 Å². The SMILES string of the molecule is O=c1[nH]cc(-c2ccc3c(c2)CCN3Cc2ccc(C(O)(C(F)(F)F)C(F)(F)F)cc2)c(=O)[nH]1. The lowest BCUT2D eigenvalue weighted by Crippen LogP contribution is -2.53. The number of halogens is 6. The van der Waals surface area contributed by atoms with Crippen LogP contribution in [0, 0.1) is 0 Å². The predicted octanol–water partition coefficient (Wildman–Crippen LogP) is 3.61. The zero-order valence-corrected chi connectivity index (χ0v) is 17.2. The van der Waals surface area contributed by atoms with E-state index < -0.39 is 34.8 Å². The number of hydrogen-bond donors (Lipinski definition) is 3. The van der Waals surface area contributed by atoms with E-state index in [-0.39, 0.29) is 12.1 Å². The van der Waals surface area contributed by atoms with Crippen molar-refractivity contribution in [3.63, 3.8) is 0 Å². The number of nitrogens with one attached hydrogen (secondary N) is 2. The third kappa shape index (κ3) is 3.98. The summed E-state index contributed by atoms with van der Waals surface area (Å²) in [5.74, 6) is 0. The van der Waals surface area contributed by atoms with Crippen LogP contribution in [0.3, 0.4) is 0 Å². The quantitative estimate of drug-likeness (QED) is 0.493. The molecule has 2 heterocycles. The van der Waals surface area contributed by atoms with Gasteiger partial charge in [-0.3, -0.25) is 9.78 Å². The summed E-state index contributed by atoms with van der Waals surface area (Å²) in [6.45, 7) is 0.750. The molecule has 0 fully saturated rings. The van der Waals surface area contributed by atoms with Gasteiger partial charge in [0.2, 0.25) is 0 Å². The lowest BCUT2D eigenvalue weighted by atomic mass is 9.91. The zero-order valence-electron chi connectivity index (χ0n) is 17.2. The van der Waals surface area contributed by atoms with E-state index in [1.54, 1.807) is 18.2 Å². The Kier molecular flexibility index (Phi) is 5.59. The molecule has 1 aromatic heterocycles. The number of aliphatic hydroxyl groups is 1. The van der Waals surface area contributed by atoms with Crippen molar-refractivity contribution in [2.24, 2.45) is 0 Å². The molecule has 0 atom stereocenters. The Labute approximate surface area is 187 Å². The topological polar surface area (TPSA) is 89.2 Å². The van der Waals surface area contributed by atoms with Crippen molar-refractivity contribution in [2.75, 3.05) is 11.4 Å². The summed E-state index contributed by atoms with van der Waals surface area (Å²) in [5, 5.41) is 9.51. The normalized spacial score (nSPS) is 14.4. The largest absolute Gasteiger partial charge is 0.430 e. The van der Waals surface area contributed by atoms with Crippen LogP contribution in [-0.4, -0.2) is 34.0 Å². The van der Waals surface area contributed by atoms with Gasteiger partial charge in [0.05, 0.1) is 5.56 Å². The maximum absolute atomic E-state index is 13.1. The fourth-order valence-corrected chi connectivity index (χ4v) is 3.99. The van der Waals surface area contributed by atoms with Crippen LogP contribution >= 0.6 is 0 Å². The summed E-state index contributed by atoms with van der Waals surface area (Å²) in [6.07, 6.45) is -9.97. The van der Waals surface area contributed by atoms with Crippen LogP contribution in [0.5, 0.6) is 0 Å². The van der Waals surface area contributed by atoms with Crippen molar-refractivity contribution >= 4 is 5.69 Å². The Morgan fingerprint density at radius 2 is 1.59 bits per heavy atom. The maximum Gasteiger partial charge on any atom is 0.430 e. The van der Waals surface area contributed by atoms with Crippen LogP contribution in [0.2, 0.25) is 0 Å². The van der Waals surface area contributed by atoms with Crippen molar-refractivity contribution < 1.29 is 31.4 Å². The number of fused-ring (bicyclic) bond motifs is 1. The molecule has 0 aliphatic carbocycles. The fourth-order valence-electron chi connectivity index (χ4n) is 3.99. The summed E-state index contributed by atoms with van der Waals surface area (Å²) >= 11 is 0. The van der Waals surface area contributed by atoms with Crippen molar-refractivity contribution in [2.45, 2.75) is 30.9 Å². The second-order valence-corrected chi connectivity index (χ2v) is 7.90. The van der Waals surface area contributed by atoms with E-state index in [0.29, 0.717) is 36.2 Å². The summed E-state index contributed by atoms with van der Waals surface area (Å²) in [7, 11) is 0. The molecule has 3 aromatic rings. The molecule has 180 valence electrons. The predicted molar refractivity (Wildman–Crippen MR) is 110 cm³/mol. The molecule has 0 unspecified atom stereocenters. The van der Waals surface area contributed by atoms with Crippen molar-refractivity contribution in [3.05, 3.63) is 86.2 Å². The number of H-pyrrole nitrogens is 2. The zero-order chi connectivity index (χ0) is 24.9. The average Bonchev–Trinajstić information content (AvgIpc) is 3.14. The summed E-state index contributed by atoms with van der Waals surface area (Å²) in [4.78, 5) is 29.7. The lowest BCUT2D eigenvalue weighted by Gasteiger charge is -2.32. The van der Waals surface area contributed by atoms with E-state index in [2.05, 4.69) is 9.97 Å². The Morgan fingerprint density at radius 3 is 2.18 bits per heavy atom. The van der Waals surface area contributed by atoms with Gasteiger partial charge < -0.3 is 15.0 Å². The number of anilines is 1. The monoisotopic (exact) mass is 485 g/mol. The fraction of sp³-hybridized carbons (Fsp3) is 0.273. The van der Waals surface area contributed by atoms with Crippen molar-refractivity contribution in [1.82, 2.24) is 9.97 Å². The number of nitrogens with zero attached hydrogens (tertiary/aromatic N) is 1. The third-order valence-electron chi connectivity index (χ3n) is 5.77. The van der Waals surface area contributed by atoms with Crippen LogP contribution < -0.4 is 16.1 Å². The van der Waals surface area contributed by atoms with Crippen LogP contribution in [0.25, 0.3) is 11.1 Å². The molecule has 0 bridgehead atoms. The molecular formula is C22H17F6N3O3. The van der Waals surface area contributed by atoms with Gasteiger partial charge in [0.1, 0.15) is 0 Å². The first-order valence-corrected chi connectivity index (χ1v) is 9.97. The molecule has 0 amide bonds. The number of benzene rings is 2. The number of hydrogen-bond acceptors (Lipinski definition) is 4. The minimum absolute atomic E-state index is 0.211. The van der Waals surface area contributed by atoms with Gasteiger partial charge in [0.15, 0.2) is 0 Å². The second-order valence-electron chi connectivity index (χ2n) is 7.90. The van der Waals surface area contributed by atoms with E-state index in [4.69, 9.17) is 0 Å². The highest BCUT2D eigenvalue weighted by Gasteiger charge is 2.71. The van der Waals surface area contributed by atoms with Gasteiger partial charge in [-0.1, -0.05) is 30.3 Å². The summed E-state index contributed by atoms with van der Waals surface area (Å²) in [6, 6.07) is 8.69. The van der Waals surface area contributed by atoms with E-state index in [1.807, 2.05) is 4.90 Å². The molecule has 1 aliphatic heterocycles. The molecule has 34 heavy (non-hydrogen) atoms. The molecule has 3 N–H and O–H groups in total. The third-order valence-corrected chi connectivity index (χ3v) is 5.77. The van der Waals surface area contributed by atoms with Gasteiger partial charge in [0, 0.05) is 30.5 Å². The van der Waals surface area contributed by atoms with Gasteiger partial charge in [-0.05, 0) is 35.2 Å². The number of aromatic amines is 2. The van der Waals surface area contributed by atoms with Gasteiger partial charge >= 0.3 is 18.0 Å². The minimum Gasteiger partial charge on any atom is -0.369 e. The van der Waals surface area contributed by atoms with E-state index in [0.717, 1.165) is 23.4 Å². The second kappa shape index (κ2) is 8.05. The molecule has 0 spiro atoms. The molecule has 0 saturated carbocycles. The smallest absolute Gasteiger partial charge is 0.369 e. The average molecular weight is 485 g/mol. The Bertz CT molecular complexity index is 1310. The molecule has 12 heteroatoms. The Balaban J connectivity index is 1.57. The number of rotatable bonds is 4. The first-order valence-electron chi connectivity index (χ1n) is 9.97. The first-order chi connectivity index (χ1) is 15.8. The van der Waals surface area contributed by atoms with Crippen molar-refractivity contribution in [3.8, 4) is 11.1 Å². The van der Waals surface area contributed by atoms with Crippen LogP contribution in [0.1, 0.15) is 16.7 Å². The van der Waals surface area contributed by atoms with E-state index in [1.165, 1.54) is 6.20 Å². The molecule has 4 rings (SSSR count). The van der Waals surface area contributed by atoms with Crippen molar-refractivity contribution in [1.29, 1.82) is 0 Å². The van der Waals surface area contributed by atoms with Gasteiger partial charge in [-0.2, -0.15) is 26.3 Å². The highest BCUT2D eigenvalue weighted by atomic mass is 19.4. The van der Waals surface area contributed by atoms with Gasteiger partial charge in [0.25, 0.3) is 11.2 Å². The molecule has 0 radical (unpaired) electrons.